The van der Waals surface area contributed by atoms with E-state index in [-0.39, 0.29) is 29.5 Å². The summed E-state index contributed by atoms with van der Waals surface area (Å²) in [5.41, 5.74) is 1.09. The molecule has 0 aliphatic heterocycles. The summed E-state index contributed by atoms with van der Waals surface area (Å²) in [4.78, 5) is 18.2. The smallest absolute Gasteiger partial charge is 0.250 e. The van der Waals surface area contributed by atoms with Gasteiger partial charge in [0.15, 0.2) is 5.96 Å². The number of ether oxygens (including phenoxy) is 1. The van der Waals surface area contributed by atoms with Crippen LogP contribution in [0.5, 0.6) is 0 Å². The van der Waals surface area contributed by atoms with Gasteiger partial charge in [0.25, 0.3) is 5.56 Å². The van der Waals surface area contributed by atoms with E-state index in [4.69, 9.17) is 4.74 Å². The Morgan fingerprint density at radius 2 is 2.15 bits per heavy atom. The quantitative estimate of drug-likeness (QED) is 0.244. The fraction of sp³-hybridized carbons (Fsp3) is 0.684. The number of aryl methyl sites for hydroxylation is 1. The maximum absolute atomic E-state index is 11.8. The monoisotopic (exact) mass is 476 g/mol. The molecule has 1 aliphatic rings. The minimum Gasteiger partial charge on any atom is -0.379 e. The van der Waals surface area contributed by atoms with E-state index in [1.807, 2.05) is 30.7 Å². The van der Waals surface area contributed by atoms with Gasteiger partial charge in [0.1, 0.15) is 0 Å². The molecule has 1 N–H and O–H groups in total. The molecule has 1 aliphatic carbocycles. The number of rotatable bonds is 10. The Morgan fingerprint density at radius 3 is 2.81 bits per heavy atom. The standard InChI is InChI=1S/C19H32N4O2.HI/c1-16-7-6-8-18(24)23(16)12-5-4-11-21-19(20-2)22(3)13-14-25-15-17-9-10-17;/h6-8,17H,4-5,9-15H2,1-3H3,(H,20,21);1H. The maximum atomic E-state index is 11.8. The average Bonchev–Trinajstić information content (AvgIpc) is 3.41. The largest absolute Gasteiger partial charge is 0.379 e. The van der Waals surface area contributed by atoms with Crippen molar-refractivity contribution in [1.82, 2.24) is 14.8 Å². The van der Waals surface area contributed by atoms with E-state index in [0.29, 0.717) is 0 Å². The van der Waals surface area contributed by atoms with Crippen molar-refractivity contribution in [1.29, 1.82) is 0 Å². The predicted octanol–water partition coefficient (Wildman–Crippen LogP) is 2.49. The topological polar surface area (TPSA) is 58.9 Å². The lowest BCUT2D eigenvalue weighted by Crippen LogP contribution is -2.41. The van der Waals surface area contributed by atoms with Crippen LogP contribution < -0.4 is 10.9 Å². The number of likely N-dealkylation sites (N-methyl/N-ethyl adjacent to an activating group) is 1. The first-order valence-corrected chi connectivity index (χ1v) is 9.28. The van der Waals surface area contributed by atoms with Gasteiger partial charge in [-0.2, -0.15) is 0 Å². The highest BCUT2D eigenvalue weighted by molar-refractivity contribution is 14.0. The summed E-state index contributed by atoms with van der Waals surface area (Å²) in [7, 11) is 3.83. The average molecular weight is 476 g/mol. The third-order valence-corrected chi connectivity index (χ3v) is 4.55. The minimum absolute atomic E-state index is 0. The minimum atomic E-state index is 0. The number of hydrogen-bond acceptors (Lipinski definition) is 3. The van der Waals surface area contributed by atoms with Gasteiger partial charge in [-0.05, 0) is 44.6 Å². The third kappa shape index (κ3) is 8.07. The van der Waals surface area contributed by atoms with Crippen molar-refractivity contribution in [3.8, 4) is 0 Å². The number of aliphatic imine (C=N–C) groups is 1. The Morgan fingerprint density at radius 1 is 1.38 bits per heavy atom. The summed E-state index contributed by atoms with van der Waals surface area (Å²) in [6.07, 6.45) is 4.61. The zero-order valence-electron chi connectivity index (χ0n) is 16.2. The van der Waals surface area contributed by atoms with Crippen molar-refractivity contribution in [2.24, 2.45) is 10.9 Å². The molecule has 148 valence electrons. The molecule has 0 amide bonds. The van der Waals surface area contributed by atoms with Gasteiger partial charge in [0, 0.05) is 52.1 Å². The number of pyridine rings is 1. The van der Waals surface area contributed by atoms with Gasteiger partial charge >= 0.3 is 0 Å². The number of halogens is 1. The molecule has 6 nitrogen and oxygen atoms in total. The van der Waals surface area contributed by atoms with Crippen molar-refractivity contribution in [2.45, 2.75) is 39.2 Å². The number of aromatic nitrogens is 1. The molecular weight excluding hydrogens is 443 g/mol. The molecule has 1 aromatic rings. The molecule has 0 saturated heterocycles. The van der Waals surface area contributed by atoms with Crippen LogP contribution in [-0.4, -0.2) is 55.8 Å². The molecule has 1 fully saturated rings. The SMILES string of the molecule is CN=C(NCCCCn1c(C)cccc1=O)N(C)CCOCC1CC1.I. The van der Waals surface area contributed by atoms with E-state index in [1.54, 1.807) is 13.1 Å². The van der Waals surface area contributed by atoms with Crippen LogP contribution in [0.25, 0.3) is 0 Å². The van der Waals surface area contributed by atoms with E-state index in [1.165, 1.54) is 12.8 Å². The zero-order chi connectivity index (χ0) is 18.1. The fourth-order valence-corrected chi connectivity index (χ4v) is 2.73. The molecule has 0 spiro atoms. The van der Waals surface area contributed by atoms with E-state index in [2.05, 4.69) is 15.2 Å². The Kier molecular flexibility index (Phi) is 10.9. The van der Waals surface area contributed by atoms with Gasteiger partial charge in [-0.1, -0.05) is 6.07 Å². The second kappa shape index (κ2) is 12.3. The first-order valence-electron chi connectivity index (χ1n) is 9.28. The van der Waals surface area contributed by atoms with Gasteiger partial charge in [0.05, 0.1) is 6.61 Å². The van der Waals surface area contributed by atoms with Crippen LogP contribution in [-0.2, 0) is 11.3 Å². The van der Waals surface area contributed by atoms with Crippen LogP contribution >= 0.6 is 24.0 Å². The molecular formula is C19H33IN4O2. The molecule has 0 aromatic carbocycles. The number of nitrogens with zero attached hydrogens (tertiary/aromatic N) is 3. The molecule has 0 unspecified atom stereocenters. The second-order valence-electron chi connectivity index (χ2n) is 6.78. The summed E-state index contributed by atoms with van der Waals surface area (Å²) in [6.45, 7) is 6.06. The summed E-state index contributed by atoms with van der Waals surface area (Å²) in [6, 6.07) is 5.40. The third-order valence-electron chi connectivity index (χ3n) is 4.55. The second-order valence-corrected chi connectivity index (χ2v) is 6.78. The highest BCUT2D eigenvalue weighted by Gasteiger charge is 2.21. The molecule has 1 heterocycles. The highest BCUT2D eigenvalue weighted by Crippen LogP contribution is 2.28. The Hall–Kier alpha value is -1.09. The highest BCUT2D eigenvalue weighted by atomic mass is 127. The summed E-state index contributed by atoms with van der Waals surface area (Å²) in [5, 5.41) is 3.38. The van der Waals surface area contributed by atoms with Crippen molar-refractivity contribution in [3.63, 3.8) is 0 Å². The van der Waals surface area contributed by atoms with E-state index >= 15 is 0 Å². The van der Waals surface area contributed by atoms with Crippen molar-refractivity contribution < 1.29 is 4.74 Å². The Bertz CT molecular complexity index is 614. The van der Waals surface area contributed by atoms with Crippen LogP contribution in [0, 0.1) is 12.8 Å². The van der Waals surface area contributed by atoms with Crippen molar-refractivity contribution in [2.75, 3.05) is 40.4 Å². The van der Waals surface area contributed by atoms with Crippen LogP contribution in [0.2, 0.25) is 0 Å². The van der Waals surface area contributed by atoms with Gasteiger partial charge in [-0.15, -0.1) is 24.0 Å². The lowest BCUT2D eigenvalue weighted by molar-refractivity contribution is 0.115. The number of unbranched alkanes of at least 4 members (excludes halogenated alkanes) is 1. The van der Waals surface area contributed by atoms with Crippen molar-refractivity contribution >= 4 is 29.9 Å². The Labute approximate surface area is 174 Å². The molecule has 2 rings (SSSR count). The number of hydrogen-bond donors (Lipinski definition) is 1. The first kappa shape index (κ1) is 23.0. The van der Waals surface area contributed by atoms with Gasteiger partial charge in [-0.3, -0.25) is 9.79 Å². The lowest BCUT2D eigenvalue weighted by Gasteiger charge is -2.22. The van der Waals surface area contributed by atoms with E-state index in [9.17, 15) is 4.79 Å². The predicted molar refractivity (Wildman–Crippen MR) is 118 cm³/mol. The van der Waals surface area contributed by atoms with Crippen LogP contribution in [0.1, 0.15) is 31.4 Å². The molecule has 26 heavy (non-hydrogen) atoms. The number of nitrogens with one attached hydrogen (secondary N) is 1. The molecule has 0 atom stereocenters. The molecule has 0 bridgehead atoms. The molecule has 1 aromatic heterocycles. The van der Waals surface area contributed by atoms with Crippen LogP contribution in [0.4, 0.5) is 0 Å². The normalized spacial score (nSPS) is 14.0. The summed E-state index contributed by atoms with van der Waals surface area (Å²) >= 11 is 0. The van der Waals surface area contributed by atoms with E-state index < -0.39 is 0 Å². The van der Waals surface area contributed by atoms with Crippen LogP contribution in [0.3, 0.4) is 0 Å². The molecule has 0 radical (unpaired) electrons. The first-order chi connectivity index (χ1) is 12.1. The summed E-state index contributed by atoms with van der Waals surface area (Å²) < 4.78 is 7.51. The summed E-state index contributed by atoms with van der Waals surface area (Å²) in [5.74, 6) is 1.70. The zero-order valence-corrected chi connectivity index (χ0v) is 18.6. The van der Waals surface area contributed by atoms with Crippen molar-refractivity contribution in [3.05, 3.63) is 34.2 Å². The van der Waals surface area contributed by atoms with Gasteiger partial charge in [0.2, 0.25) is 0 Å². The van der Waals surface area contributed by atoms with E-state index in [0.717, 1.165) is 63.3 Å². The molecule has 7 heteroatoms. The van der Waals surface area contributed by atoms with Crippen LogP contribution in [0.15, 0.2) is 28.0 Å². The molecule has 1 saturated carbocycles. The van der Waals surface area contributed by atoms with Gasteiger partial charge < -0.3 is 19.5 Å². The van der Waals surface area contributed by atoms with Gasteiger partial charge in [-0.25, -0.2) is 0 Å². The fourth-order valence-electron chi connectivity index (χ4n) is 2.73. The number of guanidine groups is 1. The lowest BCUT2D eigenvalue weighted by atomic mass is 10.3. The maximum Gasteiger partial charge on any atom is 0.250 e. The Balaban J connectivity index is 0.00000338.